The Bertz CT molecular complexity index is 570. The Morgan fingerprint density at radius 2 is 1.57 bits per heavy atom. The van der Waals surface area contributed by atoms with Crippen molar-refractivity contribution in [1.82, 2.24) is 10.2 Å². The van der Waals surface area contributed by atoms with E-state index in [1.54, 1.807) is 0 Å². The van der Waals surface area contributed by atoms with Crippen LogP contribution in [0.1, 0.15) is 17.5 Å². The van der Waals surface area contributed by atoms with Crippen molar-refractivity contribution in [2.24, 2.45) is 0 Å². The molecule has 0 spiro atoms. The molecule has 0 aliphatic carbocycles. The first-order valence-electron chi connectivity index (χ1n) is 7.99. The van der Waals surface area contributed by atoms with Crippen LogP contribution in [0.25, 0.3) is 0 Å². The maximum absolute atomic E-state index is 12.8. The van der Waals surface area contributed by atoms with Gasteiger partial charge in [0.1, 0.15) is 0 Å². The van der Waals surface area contributed by atoms with Crippen molar-refractivity contribution in [2.45, 2.75) is 24.8 Å². The Balaban J connectivity index is 1.70. The standard InChI is InChI=1S/C19H22N2OS/c22-19(11-18-12-20-15-23-18)21(13-16-7-3-1-4-8-16)14-17-9-5-2-6-10-17/h1-10,18,20H,11-15H2. The number of benzene rings is 2. The number of hydrogen-bond acceptors (Lipinski definition) is 3. The third kappa shape index (κ3) is 4.85. The van der Waals surface area contributed by atoms with Crippen LogP contribution in [-0.2, 0) is 17.9 Å². The summed E-state index contributed by atoms with van der Waals surface area (Å²) in [5.74, 6) is 1.19. The highest BCUT2D eigenvalue weighted by atomic mass is 32.2. The Morgan fingerprint density at radius 3 is 2.04 bits per heavy atom. The summed E-state index contributed by atoms with van der Waals surface area (Å²) < 4.78 is 0. The summed E-state index contributed by atoms with van der Waals surface area (Å²) in [6.07, 6.45) is 0.608. The number of carbonyl (C=O) groups is 1. The van der Waals surface area contributed by atoms with Gasteiger partial charge in [-0.3, -0.25) is 4.79 Å². The molecule has 23 heavy (non-hydrogen) atoms. The van der Waals surface area contributed by atoms with Gasteiger partial charge in [0.2, 0.25) is 5.91 Å². The summed E-state index contributed by atoms with van der Waals surface area (Å²) in [4.78, 5) is 14.8. The van der Waals surface area contributed by atoms with E-state index in [2.05, 4.69) is 29.6 Å². The van der Waals surface area contributed by atoms with E-state index in [1.165, 1.54) is 11.1 Å². The summed E-state index contributed by atoms with van der Waals surface area (Å²) in [6.45, 7) is 2.26. The zero-order valence-electron chi connectivity index (χ0n) is 13.2. The van der Waals surface area contributed by atoms with Gasteiger partial charge >= 0.3 is 0 Å². The second-order valence-corrected chi connectivity index (χ2v) is 7.10. The predicted octanol–water partition coefficient (Wildman–Crippen LogP) is 3.27. The SMILES string of the molecule is O=C(CC1CNCS1)N(Cc1ccccc1)Cc1ccccc1. The van der Waals surface area contributed by atoms with Crippen LogP contribution < -0.4 is 5.32 Å². The van der Waals surface area contributed by atoms with E-state index >= 15 is 0 Å². The van der Waals surface area contributed by atoms with Crippen LogP contribution in [0, 0.1) is 0 Å². The van der Waals surface area contributed by atoms with Crippen LogP contribution in [0.15, 0.2) is 60.7 Å². The summed E-state index contributed by atoms with van der Waals surface area (Å²) in [5.41, 5.74) is 2.35. The van der Waals surface area contributed by atoms with Crippen molar-refractivity contribution < 1.29 is 4.79 Å². The molecule has 0 bridgehead atoms. The molecule has 0 radical (unpaired) electrons. The van der Waals surface area contributed by atoms with Gasteiger partial charge in [-0.1, -0.05) is 60.7 Å². The van der Waals surface area contributed by atoms with Gasteiger partial charge in [-0.2, -0.15) is 0 Å². The molecule has 1 unspecified atom stereocenters. The Labute approximate surface area is 142 Å². The van der Waals surface area contributed by atoms with Crippen LogP contribution in [0.3, 0.4) is 0 Å². The molecule has 2 aromatic carbocycles. The molecule has 1 aliphatic heterocycles. The van der Waals surface area contributed by atoms with Gasteiger partial charge in [0.05, 0.1) is 0 Å². The van der Waals surface area contributed by atoms with E-state index in [4.69, 9.17) is 0 Å². The van der Waals surface area contributed by atoms with Crippen LogP contribution in [0.5, 0.6) is 0 Å². The van der Waals surface area contributed by atoms with Crippen molar-refractivity contribution in [3.63, 3.8) is 0 Å². The topological polar surface area (TPSA) is 32.3 Å². The summed E-state index contributed by atoms with van der Waals surface area (Å²) in [5, 5.41) is 3.71. The molecule has 3 nitrogen and oxygen atoms in total. The van der Waals surface area contributed by atoms with E-state index < -0.39 is 0 Å². The summed E-state index contributed by atoms with van der Waals surface area (Å²) in [6, 6.07) is 20.4. The van der Waals surface area contributed by atoms with E-state index in [0.29, 0.717) is 24.8 Å². The monoisotopic (exact) mass is 326 g/mol. The molecule has 2 aromatic rings. The van der Waals surface area contributed by atoms with Gasteiger partial charge in [0, 0.05) is 37.2 Å². The molecule has 3 rings (SSSR count). The van der Waals surface area contributed by atoms with Gasteiger partial charge in [0.15, 0.2) is 0 Å². The van der Waals surface area contributed by atoms with Gasteiger partial charge < -0.3 is 10.2 Å². The van der Waals surface area contributed by atoms with E-state index in [9.17, 15) is 4.79 Å². The fraction of sp³-hybridized carbons (Fsp3) is 0.316. The number of amides is 1. The third-order valence-corrected chi connectivity index (χ3v) is 5.16. The number of nitrogens with zero attached hydrogens (tertiary/aromatic N) is 1. The molecule has 4 heteroatoms. The second kappa shape index (κ2) is 8.18. The highest BCUT2D eigenvalue weighted by molar-refractivity contribution is 8.00. The number of carbonyl (C=O) groups excluding carboxylic acids is 1. The second-order valence-electron chi connectivity index (χ2n) is 5.81. The molecule has 120 valence electrons. The highest BCUT2D eigenvalue weighted by Gasteiger charge is 2.22. The molecule has 1 amide bonds. The maximum Gasteiger partial charge on any atom is 0.224 e. The van der Waals surface area contributed by atoms with Gasteiger partial charge in [0.25, 0.3) is 0 Å². The average molecular weight is 326 g/mol. The number of thioether (sulfide) groups is 1. The first kappa shape index (κ1) is 16.1. The molecule has 1 aliphatic rings. The molecule has 1 saturated heterocycles. The molecule has 0 aromatic heterocycles. The lowest BCUT2D eigenvalue weighted by Crippen LogP contribution is -2.32. The van der Waals surface area contributed by atoms with Crippen molar-refractivity contribution >= 4 is 17.7 Å². The van der Waals surface area contributed by atoms with Gasteiger partial charge in [-0.25, -0.2) is 0 Å². The number of rotatable bonds is 6. The number of hydrogen-bond donors (Lipinski definition) is 1. The van der Waals surface area contributed by atoms with Crippen molar-refractivity contribution in [1.29, 1.82) is 0 Å². The minimum absolute atomic E-state index is 0.235. The highest BCUT2D eigenvalue weighted by Crippen LogP contribution is 2.20. The minimum atomic E-state index is 0.235. The molecule has 1 fully saturated rings. The molecule has 1 N–H and O–H groups in total. The predicted molar refractivity (Wildman–Crippen MR) is 96.0 cm³/mol. The largest absolute Gasteiger partial charge is 0.334 e. The molecule has 1 heterocycles. The van der Waals surface area contributed by atoms with Crippen LogP contribution in [-0.4, -0.2) is 28.5 Å². The lowest BCUT2D eigenvalue weighted by molar-refractivity contribution is -0.132. The first-order valence-corrected chi connectivity index (χ1v) is 9.04. The van der Waals surface area contributed by atoms with E-state index in [0.717, 1.165) is 12.4 Å². The maximum atomic E-state index is 12.8. The first-order chi connectivity index (χ1) is 11.3. The zero-order valence-corrected chi connectivity index (χ0v) is 14.0. The third-order valence-electron chi connectivity index (χ3n) is 3.98. The van der Waals surface area contributed by atoms with Crippen molar-refractivity contribution in [3.8, 4) is 0 Å². The van der Waals surface area contributed by atoms with E-state index in [1.807, 2.05) is 53.1 Å². The van der Waals surface area contributed by atoms with Crippen molar-refractivity contribution in [2.75, 3.05) is 12.4 Å². The Kier molecular flexibility index (Phi) is 5.72. The molecule has 1 atom stereocenters. The van der Waals surface area contributed by atoms with Crippen LogP contribution in [0.4, 0.5) is 0 Å². The number of nitrogens with one attached hydrogen (secondary N) is 1. The smallest absolute Gasteiger partial charge is 0.224 e. The Hall–Kier alpha value is -1.78. The Morgan fingerprint density at radius 1 is 1.00 bits per heavy atom. The molecular formula is C19H22N2OS. The lowest BCUT2D eigenvalue weighted by Gasteiger charge is -2.24. The van der Waals surface area contributed by atoms with Crippen LogP contribution in [0.2, 0.25) is 0 Å². The molecule has 0 saturated carbocycles. The fourth-order valence-corrected chi connectivity index (χ4v) is 3.72. The van der Waals surface area contributed by atoms with Crippen molar-refractivity contribution in [3.05, 3.63) is 71.8 Å². The minimum Gasteiger partial charge on any atom is -0.334 e. The lowest BCUT2D eigenvalue weighted by atomic mass is 10.1. The van der Waals surface area contributed by atoms with Gasteiger partial charge in [-0.15, -0.1) is 11.8 Å². The zero-order chi connectivity index (χ0) is 15.9. The average Bonchev–Trinajstić information content (AvgIpc) is 3.09. The van der Waals surface area contributed by atoms with Crippen LogP contribution >= 0.6 is 11.8 Å². The summed E-state index contributed by atoms with van der Waals surface area (Å²) in [7, 11) is 0. The summed E-state index contributed by atoms with van der Waals surface area (Å²) >= 11 is 1.84. The normalized spacial score (nSPS) is 17.1. The van der Waals surface area contributed by atoms with Gasteiger partial charge in [-0.05, 0) is 11.1 Å². The quantitative estimate of drug-likeness (QED) is 0.884. The fourth-order valence-electron chi connectivity index (χ4n) is 2.75. The molecular weight excluding hydrogens is 304 g/mol. The van der Waals surface area contributed by atoms with E-state index in [-0.39, 0.29) is 5.91 Å².